The van der Waals surface area contributed by atoms with E-state index in [-0.39, 0.29) is 0 Å². The smallest absolute Gasteiger partial charge is 0.171 e. The number of benzene rings is 2. The zero-order valence-electron chi connectivity index (χ0n) is 14.2. The van der Waals surface area contributed by atoms with Crippen LogP contribution in [-0.2, 0) is 6.54 Å². The van der Waals surface area contributed by atoms with Crippen LogP contribution >= 0.6 is 23.8 Å². The van der Waals surface area contributed by atoms with E-state index in [1.807, 2.05) is 36.4 Å². The molecule has 4 nitrogen and oxygen atoms in total. The van der Waals surface area contributed by atoms with Gasteiger partial charge in [-0.05, 0) is 61.0 Å². The van der Waals surface area contributed by atoms with Crippen LogP contribution in [0.4, 0.5) is 11.4 Å². The molecular weight excluding hydrogens is 354 g/mol. The molecular formula is C19H22ClN3OS. The highest BCUT2D eigenvalue weighted by molar-refractivity contribution is 7.80. The highest BCUT2D eigenvalue weighted by Gasteiger charge is 2.16. The first kappa shape index (κ1) is 17.8. The van der Waals surface area contributed by atoms with Gasteiger partial charge in [0.1, 0.15) is 5.75 Å². The Morgan fingerprint density at radius 2 is 1.88 bits per heavy atom. The van der Waals surface area contributed by atoms with Gasteiger partial charge in [-0.3, -0.25) is 0 Å². The fraction of sp³-hybridized carbons (Fsp3) is 0.316. The van der Waals surface area contributed by atoms with E-state index in [9.17, 15) is 0 Å². The number of hydrogen-bond donors (Lipinski definition) is 2. The third-order valence-corrected chi connectivity index (χ3v) is 4.75. The SMILES string of the molecule is COc1ccc(CNC(=S)Nc2cc(Cl)ccc2N2CCCC2)cc1. The van der Waals surface area contributed by atoms with Crippen LogP contribution in [0.15, 0.2) is 42.5 Å². The molecule has 0 amide bonds. The first-order chi connectivity index (χ1) is 12.2. The Balaban J connectivity index is 1.62. The summed E-state index contributed by atoms with van der Waals surface area (Å²) in [6.45, 7) is 2.79. The molecule has 0 spiro atoms. The number of halogens is 1. The standard InChI is InChI=1S/C19H22ClN3OS/c1-24-16-7-4-14(5-8-16)13-21-19(25)22-17-12-15(20)6-9-18(17)23-10-2-3-11-23/h4-9,12H,2-3,10-11,13H2,1H3,(H2,21,22,25). The number of ether oxygens (including phenoxy) is 1. The van der Waals surface area contributed by atoms with Gasteiger partial charge in [0.05, 0.1) is 18.5 Å². The molecule has 2 aromatic rings. The van der Waals surface area contributed by atoms with Crippen molar-refractivity contribution in [3.05, 3.63) is 53.1 Å². The van der Waals surface area contributed by atoms with E-state index >= 15 is 0 Å². The Kier molecular flexibility index (Phi) is 6.00. The fourth-order valence-corrected chi connectivity index (χ4v) is 3.29. The zero-order chi connectivity index (χ0) is 17.6. The van der Waals surface area contributed by atoms with Crippen molar-refractivity contribution in [3.63, 3.8) is 0 Å². The summed E-state index contributed by atoms with van der Waals surface area (Å²) in [6.07, 6.45) is 2.45. The summed E-state index contributed by atoms with van der Waals surface area (Å²) in [5.74, 6) is 0.846. The monoisotopic (exact) mass is 375 g/mol. The lowest BCUT2D eigenvalue weighted by Crippen LogP contribution is -2.29. The summed E-state index contributed by atoms with van der Waals surface area (Å²) in [5, 5.41) is 7.81. The van der Waals surface area contributed by atoms with Gasteiger partial charge in [0.25, 0.3) is 0 Å². The summed E-state index contributed by atoms with van der Waals surface area (Å²) in [5.41, 5.74) is 3.23. The maximum atomic E-state index is 6.17. The molecule has 1 saturated heterocycles. The molecule has 0 saturated carbocycles. The van der Waals surface area contributed by atoms with E-state index < -0.39 is 0 Å². The number of rotatable bonds is 5. The van der Waals surface area contributed by atoms with Gasteiger partial charge in [0, 0.05) is 24.7 Å². The lowest BCUT2D eigenvalue weighted by atomic mass is 10.2. The molecule has 25 heavy (non-hydrogen) atoms. The minimum atomic E-state index is 0.582. The molecule has 1 aliphatic heterocycles. The van der Waals surface area contributed by atoms with Gasteiger partial charge in [-0.1, -0.05) is 23.7 Å². The van der Waals surface area contributed by atoms with Gasteiger partial charge in [-0.2, -0.15) is 0 Å². The van der Waals surface area contributed by atoms with Crippen LogP contribution in [0.3, 0.4) is 0 Å². The Bertz CT molecular complexity index is 730. The van der Waals surface area contributed by atoms with Crippen LogP contribution in [0.5, 0.6) is 5.75 Å². The molecule has 6 heteroatoms. The summed E-state index contributed by atoms with van der Waals surface area (Å²) < 4.78 is 5.17. The van der Waals surface area contributed by atoms with Gasteiger partial charge in [0.2, 0.25) is 0 Å². The molecule has 1 aliphatic rings. The minimum Gasteiger partial charge on any atom is -0.497 e. The molecule has 3 rings (SSSR count). The average molecular weight is 376 g/mol. The van der Waals surface area contributed by atoms with E-state index in [0.717, 1.165) is 35.8 Å². The molecule has 0 bridgehead atoms. The molecule has 0 radical (unpaired) electrons. The second kappa shape index (κ2) is 8.41. The number of nitrogens with one attached hydrogen (secondary N) is 2. The van der Waals surface area contributed by atoms with Crippen LogP contribution in [0.1, 0.15) is 18.4 Å². The number of hydrogen-bond acceptors (Lipinski definition) is 3. The first-order valence-electron chi connectivity index (χ1n) is 8.38. The summed E-state index contributed by atoms with van der Waals surface area (Å²) in [7, 11) is 1.66. The number of anilines is 2. The van der Waals surface area contributed by atoms with Crippen molar-refractivity contribution in [3.8, 4) is 5.75 Å². The number of methoxy groups -OCH3 is 1. The Hall–Kier alpha value is -1.98. The van der Waals surface area contributed by atoms with Crippen molar-refractivity contribution in [2.45, 2.75) is 19.4 Å². The average Bonchev–Trinajstić information content (AvgIpc) is 3.15. The fourth-order valence-electron chi connectivity index (χ4n) is 2.93. The topological polar surface area (TPSA) is 36.5 Å². The van der Waals surface area contributed by atoms with E-state index in [0.29, 0.717) is 16.7 Å². The maximum Gasteiger partial charge on any atom is 0.171 e. The van der Waals surface area contributed by atoms with Gasteiger partial charge >= 0.3 is 0 Å². The number of thiocarbonyl (C=S) groups is 1. The summed E-state index contributed by atoms with van der Waals surface area (Å²) in [4.78, 5) is 2.37. The van der Waals surface area contributed by atoms with Crippen LogP contribution in [-0.4, -0.2) is 25.3 Å². The van der Waals surface area contributed by atoms with E-state index in [2.05, 4.69) is 21.6 Å². The largest absolute Gasteiger partial charge is 0.497 e. The van der Waals surface area contributed by atoms with Gasteiger partial charge in [-0.25, -0.2) is 0 Å². The predicted molar refractivity (Wildman–Crippen MR) is 109 cm³/mol. The molecule has 2 aromatic carbocycles. The van der Waals surface area contributed by atoms with Gasteiger partial charge in [-0.15, -0.1) is 0 Å². The van der Waals surface area contributed by atoms with Crippen molar-refractivity contribution in [1.29, 1.82) is 0 Å². The van der Waals surface area contributed by atoms with Crippen molar-refractivity contribution < 1.29 is 4.74 Å². The summed E-state index contributed by atoms with van der Waals surface area (Å²) in [6, 6.07) is 13.8. The highest BCUT2D eigenvalue weighted by Crippen LogP contribution is 2.31. The Labute approximate surface area is 159 Å². The molecule has 0 aliphatic carbocycles. The molecule has 1 heterocycles. The first-order valence-corrected chi connectivity index (χ1v) is 9.16. The third kappa shape index (κ3) is 4.77. The van der Waals surface area contributed by atoms with Gasteiger partial charge in [0.15, 0.2) is 5.11 Å². The van der Waals surface area contributed by atoms with Crippen LogP contribution < -0.4 is 20.3 Å². The number of nitrogens with zero attached hydrogens (tertiary/aromatic N) is 1. The minimum absolute atomic E-state index is 0.582. The van der Waals surface area contributed by atoms with E-state index in [1.54, 1.807) is 7.11 Å². The summed E-state index contributed by atoms with van der Waals surface area (Å²) >= 11 is 11.6. The van der Waals surface area contributed by atoms with E-state index in [4.69, 9.17) is 28.6 Å². The molecule has 0 unspecified atom stereocenters. The van der Waals surface area contributed by atoms with Crippen LogP contribution in [0.2, 0.25) is 5.02 Å². The third-order valence-electron chi connectivity index (χ3n) is 4.27. The quantitative estimate of drug-likeness (QED) is 0.756. The van der Waals surface area contributed by atoms with Crippen molar-refractivity contribution in [2.24, 2.45) is 0 Å². The normalized spacial score (nSPS) is 13.6. The second-order valence-electron chi connectivity index (χ2n) is 6.01. The zero-order valence-corrected chi connectivity index (χ0v) is 15.8. The lowest BCUT2D eigenvalue weighted by molar-refractivity contribution is 0.414. The van der Waals surface area contributed by atoms with Gasteiger partial charge < -0.3 is 20.3 Å². The molecule has 2 N–H and O–H groups in total. The molecule has 0 atom stereocenters. The second-order valence-corrected chi connectivity index (χ2v) is 6.86. The van der Waals surface area contributed by atoms with Crippen LogP contribution in [0, 0.1) is 0 Å². The highest BCUT2D eigenvalue weighted by atomic mass is 35.5. The van der Waals surface area contributed by atoms with E-state index in [1.165, 1.54) is 12.8 Å². The van der Waals surface area contributed by atoms with Crippen LogP contribution in [0.25, 0.3) is 0 Å². The Morgan fingerprint density at radius 3 is 2.56 bits per heavy atom. The lowest BCUT2D eigenvalue weighted by Gasteiger charge is -2.22. The predicted octanol–water partition coefficient (Wildman–Crippen LogP) is 4.44. The molecule has 132 valence electrons. The maximum absolute atomic E-state index is 6.17. The molecule has 0 aromatic heterocycles. The Morgan fingerprint density at radius 1 is 1.16 bits per heavy atom. The van der Waals surface area contributed by atoms with Crippen molar-refractivity contribution in [2.75, 3.05) is 30.4 Å². The van der Waals surface area contributed by atoms with Crippen molar-refractivity contribution in [1.82, 2.24) is 5.32 Å². The van der Waals surface area contributed by atoms with Crippen molar-refractivity contribution >= 4 is 40.3 Å². The molecule has 1 fully saturated rings.